The molecule has 2 rings (SSSR count). The highest BCUT2D eigenvalue weighted by Gasteiger charge is 2.06. The summed E-state index contributed by atoms with van der Waals surface area (Å²) in [6.45, 7) is 1.42. The molecular weight excluding hydrogens is 278 g/mol. The average molecular weight is 295 g/mol. The second kappa shape index (κ2) is 6.12. The van der Waals surface area contributed by atoms with Crippen LogP contribution in [0, 0.1) is 0 Å². The minimum atomic E-state index is -3.61. The topological polar surface area (TPSA) is 103 Å². The van der Waals surface area contributed by atoms with Crippen molar-refractivity contribution in [1.29, 1.82) is 0 Å². The van der Waals surface area contributed by atoms with Gasteiger partial charge in [-0.2, -0.15) is 0 Å². The number of primary sulfonamides is 1. The van der Waals surface area contributed by atoms with Crippen LogP contribution in [0.4, 0.5) is 0 Å². The molecule has 2 aromatic rings. The number of rotatable bonds is 6. The molecule has 3 N–H and O–H groups in total. The lowest BCUT2D eigenvalue weighted by molar-refractivity contribution is 0.597. The first-order valence-electron chi connectivity index (χ1n) is 6.13. The quantitative estimate of drug-likeness (QED) is 0.718. The third-order valence-electron chi connectivity index (χ3n) is 2.80. The van der Waals surface area contributed by atoms with Crippen molar-refractivity contribution >= 4 is 10.0 Å². The van der Waals surface area contributed by atoms with E-state index in [1.54, 1.807) is 16.8 Å². The maximum atomic E-state index is 11.1. The molecule has 7 nitrogen and oxygen atoms in total. The summed E-state index contributed by atoms with van der Waals surface area (Å²) < 4.78 is 23.9. The fourth-order valence-electron chi connectivity index (χ4n) is 1.77. The van der Waals surface area contributed by atoms with E-state index < -0.39 is 10.0 Å². The number of nitrogens with zero attached hydrogens (tertiary/aromatic N) is 3. The molecule has 0 spiro atoms. The molecule has 0 saturated heterocycles. The van der Waals surface area contributed by atoms with Crippen LogP contribution < -0.4 is 10.5 Å². The molecule has 1 heterocycles. The summed E-state index contributed by atoms with van der Waals surface area (Å²) in [5.74, 6) is 0. The second-order valence-corrected chi connectivity index (χ2v) is 6.06. The van der Waals surface area contributed by atoms with Gasteiger partial charge in [0.15, 0.2) is 0 Å². The Labute approximate surface area is 117 Å². The van der Waals surface area contributed by atoms with Gasteiger partial charge in [-0.15, -0.1) is 5.10 Å². The van der Waals surface area contributed by atoms with Gasteiger partial charge in [-0.05, 0) is 30.7 Å². The van der Waals surface area contributed by atoms with Crippen molar-refractivity contribution in [3.8, 4) is 0 Å². The molecule has 0 aliphatic carbocycles. The maximum Gasteiger partial charge on any atom is 0.238 e. The number of nitrogens with one attached hydrogen (secondary N) is 1. The van der Waals surface area contributed by atoms with E-state index in [1.165, 1.54) is 12.1 Å². The van der Waals surface area contributed by atoms with E-state index in [0.29, 0.717) is 6.54 Å². The van der Waals surface area contributed by atoms with E-state index >= 15 is 0 Å². The fraction of sp³-hybridized carbons (Fsp3) is 0.333. The van der Waals surface area contributed by atoms with Crippen LogP contribution in [0.15, 0.2) is 35.4 Å². The van der Waals surface area contributed by atoms with Crippen molar-refractivity contribution in [3.05, 3.63) is 41.7 Å². The van der Waals surface area contributed by atoms with Crippen LogP contribution in [-0.4, -0.2) is 30.0 Å². The van der Waals surface area contributed by atoms with Gasteiger partial charge in [0.05, 0.1) is 10.6 Å². The number of hydrogen-bond acceptors (Lipinski definition) is 5. The Bertz CT molecular complexity index is 663. The molecule has 0 bridgehead atoms. The Hall–Kier alpha value is -1.77. The molecule has 0 aliphatic heterocycles. The van der Waals surface area contributed by atoms with Crippen molar-refractivity contribution in [2.24, 2.45) is 12.2 Å². The first-order chi connectivity index (χ1) is 9.45. The molecule has 0 fully saturated rings. The van der Waals surface area contributed by atoms with Gasteiger partial charge >= 0.3 is 0 Å². The highest BCUT2D eigenvalue weighted by Crippen LogP contribution is 2.08. The Balaban J connectivity index is 1.80. The minimum absolute atomic E-state index is 0.133. The number of nitrogens with two attached hydrogens (primary N) is 1. The number of sulfonamides is 1. The second-order valence-electron chi connectivity index (χ2n) is 4.50. The van der Waals surface area contributed by atoms with E-state index in [2.05, 4.69) is 15.6 Å². The molecule has 0 saturated carbocycles. The van der Waals surface area contributed by atoms with Crippen LogP contribution in [0.3, 0.4) is 0 Å². The molecule has 0 radical (unpaired) electrons. The number of benzene rings is 1. The van der Waals surface area contributed by atoms with Crippen molar-refractivity contribution in [1.82, 2.24) is 20.3 Å². The van der Waals surface area contributed by atoms with E-state index in [0.717, 1.165) is 24.2 Å². The molecule has 0 aliphatic rings. The first kappa shape index (κ1) is 14.6. The Kier molecular flexibility index (Phi) is 4.48. The van der Waals surface area contributed by atoms with Crippen LogP contribution in [0.2, 0.25) is 0 Å². The average Bonchev–Trinajstić information content (AvgIpc) is 2.80. The van der Waals surface area contributed by atoms with E-state index in [4.69, 9.17) is 5.14 Å². The summed E-state index contributed by atoms with van der Waals surface area (Å²) in [5.41, 5.74) is 1.93. The summed E-state index contributed by atoms with van der Waals surface area (Å²) >= 11 is 0. The Morgan fingerprint density at radius 2 is 2.00 bits per heavy atom. The molecule has 0 unspecified atom stereocenters. The third-order valence-corrected chi connectivity index (χ3v) is 3.73. The van der Waals surface area contributed by atoms with Crippen LogP contribution in [0.25, 0.3) is 0 Å². The van der Waals surface area contributed by atoms with E-state index in [1.807, 2.05) is 13.2 Å². The van der Waals surface area contributed by atoms with Gasteiger partial charge < -0.3 is 5.32 Å². The number of aryl methyl sites for hydroxylation is 1. The molecule has 8 heteroatoms. The van der Waals surface area contributed by atoms with Crippen LogP contribution in [0.1, 0.15) is 11.3 Å². The standard InChI is InChI=1S/C12H17N5O2S/c1-17-9-11(15-16-17)8-14-7-6-10-2-4-12(5-3-10)20(13,18)19/h2-5,9,14H,6-8H2,1H3,(H2,13,18,19). The summed E-state index contributed by atoms with van der Waals surface area (Å²) in [6, 6.07) is 6.58. The van der Waals surface area contributed by atoms with Gasteiger partial charge in [0.1, 0.15) is 0 Å². The lowest BCUT2D eigenvalue weighted by Crippen LogP contribution is -2.17. The number of aromatic nitrogens is 3. The lowest BCUT2D eigenvalue weighted by Gasteiger charge is -2.04. The zero-order valence-electron chi connectivity index (χ0n) is 11.2. The monoisotopic (exact) mass is 295 g/mol. The van der Waals surface area contributed by atoms with E-state index in [-0.39, 0.29) is 4.90 Å². The van der Waals surface area contributed by atoms with Gasteiger partial charge in [0, 0.05) is 19.8 Å². The number of hydrogen-bond donors (Lipinski definition) is 2. The van der Waals surface area contributed by atoms with Crippen molar-refractivity contribution in [3.63, 3.8) is 0 Å². The SMILES string of the molecule is Cn1cc(CNCCc2ccc(S(N)(=O)=O)cc2)nn1. The molecule has 0 atom stereocenters. The molecule has 1 aromatic carbocycles. The summed E-state index contributed by atoms with van der Waals surface area (Å²) in [5, 5.41) is 16.1. The fourth-order valence-corrected chi connectivity index (χ4v) is 2.29. The molecule has 108 valence electrons. The van der Waals surface area contributed by atoms with Gasteiger partial charge in [-0.1, -0.05) is 17.3 Å². The Morgan fingerprint density at radius 3 is 2.55 bits per heavy atom. The molecular formula is C12H17N5O2S. The highest BCUT2D eigenvalue weighted by molar-refractivity contribution is 7.89. The molecule has 1 aromatic heterocycles. The highest BCUT2D eigenvalue weighted by atomic mass is 32.2. The predicted molar refractivity (Wildman–Crippen MR) is 74.2 cm³/mol. The van der Waals surface area contributed by atoms with Crippen molar-refractivity contribution in [2.75, 3.05) is 6.54 Å². The normalized spacial score (nSPS) is 11.7. The van der Waals surface area contributed by atoms with Crippen molar-refractivity contribution < 1.29 is 8.42 Å². The van der Waals surface area contributed by atoms with E-state index in [9.17, 15) is 8.42 Å². The molecule has 20 heavy (non-hydrogen) atoms. The summed E-state index contributed by atoms with van der Waals surface area (Å²) in [4.78, 5) is 0.133. The Morgan fingerprint density at radius 1 is 1.30 bits per heavy atom. The van der Waals surface area contributed by atoms with Crippen LogP contribution >= 0.6 is 0 Å². The minimum Gasteiger partial charge on any atom is -0.311 e. The van der Waals surface area contributed by atoms with Crippen LogP contribution in [-0.2, 0) is 30.0 Å². The van der Waals surface area contributed by atoms with Gasteiger partial charge in [-0.3, -0.25) is 4.68 Å². The lowest BCUT2D eigenvalue weighted by atomic mass is 10.1. The van der Waals surface area contributed by atoms with Gasteiger partial charge in [0.25, 0.3) is 0 Å². The van der Waals surface area contributed by atoms with Gasteiger partial charge in [0.2, 0.25) is 10.0 Å². The smallest absolute Gasteiger partial charge is 0.238 e. The summed E-state index contributed by atoms with van der Waals surface area (Å²) in [6.07, 6.45) is 2.65. The summed E-state index contributed by atoms with van der Waals surface area (Å²) in [7, 11) is -1.79. The first-order valence-corrected chi connectivity index (χ1v) is 7.67. The zero-order chi connectivity index (χ0) is 14.6. The third kappa shape index (κ3) is 4.12. The van der Waals surface area contributed by atoms with Crippen LogP contribution in [0.5, 0.6) is 0 Å². The zero-order valence-corrected chi connectivity index (χ0v) is 12.0. The largest absolute Gasteiger partial charge is 0.311 e. The molecule has 0 amide bonds. The predicted octanol–water partition coefficient (Wildman–Crippen LogP) is -0.205. The maximum absolute atomic E-state index is 11.1. The van der Waals surface area contributed by atoms with Crippen molar-refractivity contribution in [2.45, 2.75) is 17.9 Å². The van der Waals surface area contributed by atoms with Gasteiger partial charge in [-0.25, -0.2) is 13.6 Å².